The number of rotatable bonds is 4. The Morgan fingerprint density at radius 3 is 2.46 bits per heavy atom. The molecule has 0 aromatic heterocycles. The largest absolute Gasteiger partial charge is 0.374 e. The van der Waals surface area contributed by atoms with Crippen molar-refractivity contribution in [3.8, 4) is 0 Å². The van der Waals surface area contributed by atoms with Crippen LogP contribution in [0.25, 0.3) is 0 Å². The van der Waals surface area contributed by atoms with Gasteiger partial charge in [0.2, 0.25) is 0 Å². The van der Waals surface area contributed by atoms with Crippen LogP contribution in [0.3, 0.4) is 0 Å². The molecule has 0 unspecified atom stereocenters. The van der Waals surface area contributed by atoms with Gasteiger partial charge in [0.1, 0.15) is 6.29 Å². The van der Waals surface area contributed by atoms with Crippen LogP contribution in [0.4, 0.5) is 5.69 Å². The van der Waals surface area contributed by atoms with Crippen molar-refractivity contribution >= 4 is 27.9 Å². The smallest absolute Gasteiger partial charge is 0.150 e. The van der Waals surface area contributed by atoms with Crippen molar-refractivity contribution in [2.24, 2.45) is 0 Å². The molecular formula is C10H12BrNO. The predicted octanol–water partition coefficient (Wildman–Crippen LogP) is 2.33. The zero-order chi connectivity index (χ0) is 9.68. The fourth-order valence-electron chi connectivity index (χ4n) is 1.06. The van der Waals surface area contributed by atoms with Gasteiger partial charge < -0.3 is 4.90 Å². The standard InChI is InChI=1S/C10H12BrNO/c1-12(7-6-11)10-4-2-9(8-13)3-5-10/h2-5,8H,6-7H2,1H3. The topological polar surface area (TPSA) is 20.3 Å². The zero-order valence-corrected chi connectivity index (χ0v) is 9.12. The van der Waals surface area contributed by atoms with Crippen molar-refractivity contribution in [1.82, 2.24) is 0 Å². The molecule has 0 aliphatic carbocycles. The van der Waals surface area contributed by atoms with Crippen molar-refractivity contribution in [2.75, 3.05) is 23.8 Å². The van der Waals surface area contributed by atoms with Crippen LogP contribution in [0.1, 0.15) is 10.4 Å². The molecule has 0 saturated carbocycles. The van der Waals surface area contributed by atoms with Crippen LogP contribution < -0.4 is 4.90 Å². The van der Waals surface area contributed by atoms with Gasteiger partial charge in [-0.1, -0.05) is 15.9 Å². The predicted molar refractivity (Wildman–Crippen MR) is 58.9 cm³/mol. The SMILES string of the molecule is CN(CCBr)c1ccc(C=O)cc1. The average Bonchev–Trinajstić information content (AvgIpc) is 2.18. The third-order valence-electron chi connectivity index (χ3n) is 1.89. The van der Waals surface area contributed by atoms with Crippen LogP contribution in [0.15, 0.2) is 24.3 Å². The molecule has 13 heavy (non-hydrogen) atoms. The number of alkyl halides is 1. The number of anilines is 1. The second-order valence-electron chi connectivity index (χ2n) is 2.82. The quantitative estimate of drug-likeness (QED) is 0.596. The Morgan fingerprint density at radius 1 is 1.38 bits per heavy atom. The Balaban J connectivity index is 2.73. The monoisotopic (exact) mass is 241 g/mol. The normalized spacial score (nSPS) is 9.69. The highest BCUT2D eigenvalue weighted by Gasteiger charge is 1.98. The van der Waals surface area contributed by atoms with Crippen molar-refractivity contribution in [3.63, 3.8) is 0 Å². The van der Waals surface area contributed by atoms with E-state index in [1.54, 1.807) is 0 Å². The number of hydrogen-bond donors (Lipinski definition) is 0. The van der Waals surface area contributed by atoms with E-state index in [0.717, 1.165) is 29.4 Å². The van der Waals surface area contributed by atoms with Gasteiger partial charge in [0.25, 0.3) is 0 Å². The van der Waals surface area contributed by atoms with Gasteiger partial charge in [-0.25, -0.2) is 0 Å². The van der Waals surface area contributed by atoms with Gasteiger partial charge in [-0.05, 0) is 24.3 Å². The number of carbonyl (C=O) groups excluding carboxylic acids is 1. The lowest BCUT2D eigenvalue weighted by Crippen LogP contribution is -2.19. The fourth-order valence-corrected chi connectivity index (χ4v) is 1.60. The van der Waals surface area contributed by atoms with E-state index in [1.807, 2.05) is 31.3 Å². The molecule has 0 N–H and O–H groups in total. The molecule has 0 aliphatic heterocycles. The van der Waals surface area contributed by atoms with Crippen LogP contribution in [-0.2, 0) is 0 Å². The van der Waals surface area contributed by atoms with E-state index in [4.69, 9.17) is 0 Å². The molecule has 70 valence electrons. The van der Waals surface area contributed by atoms with Gasteiger partial charge in [0.05, 0.1) is 0 Å². The van der Waals surface area contributed by atoms with Crippen molar-refractivity contribution in [2.45, 2.75) is 0 Å². The molecule has 0 fully saturated rings. The molecule has 0 aliphatic rings. The van der Waals surface area contributed by atoms with E-state index < -0.39 is 0 Å². The molecule has 2 nitrogen and oxygen atoms in total. The molecule has 0 bridgehead atoms. The summed E-state index contributed by atoms with van der Waals surface area (Å²) in [4.78, 5) is 12.5. The Hall–Kier alpha value is -0.830. The van der Waals surface area contributed by atoms with E-state index in [9.17, 15) is 4.79 Å². The van der Waals surface area contributed by atoms with E-state index in [0.29, 0.717) is 0 Å². The third kappa shape index (κ3) is 2.84. The summed E-state index contributed by atoms with van der Waals surface area (Å²) in [6.07, 6.45) is 0.855. The maximum Gasteiger partial charge on any atom is 0.150 e. The number of benzene rings is 1. The summed E-state index contributed by atoms with van der Waals surface area (Å²) < 4.78 is 0. The second-order valence-corrected chi connectivity index (χ2v) is 3.61. The molecule has 3 heteroatoms. The Morgan fingerprint density at radius 2 is 2.00 bits per heavy atom. The van der Waals surface area contributed by atoms with Crippen molar-refractivity contribution < 1.29 is 4.79 Å². The number of halogens is 1. The Kier molecular flexibility index (Phi) is 3.96. The van der Waals surface area contributed by atoms with Crippen LogP contribution >= 0.6 is 15.9 Å². The molecule has 0 radical (unpaired) electrons. The first kappa shape index (κ1) is 10.3. The number of aldehydes is 1. The molecule has 0 saturated heterocycles. The number of nitrogens with zero attached hydrogens (tertiary/aromatic N) is 1. The van der Waals surface area contributed by atoms with Gasteiger partial charge in [-0.15, -0.1) is 0 Å². The lowest BCUT2D eigenvalue weighted by Gasteiger charge is -2.17. The Bertz CT molecular complexity index is 271. The van der Waals surface area contributed by atoms with Crippen molar-refractivity contribution in [1.29, 1.82) is 0 Å². The third-order valence-corrected chi connectivity index (χ3v) is 2.24. The summed E-state index contributed by atoms with van der Waals surface area (Å²) >= 11 is 3.38. The average molecular weight is 242 g/mol. The maximum atomic E-state index is 10.4. The summed E-state index contributed by atoms with van der Waals surface area (Å²) in [6, 6.07) is 7.55. The first-order valence-electron chi connectivity index (χ1n) is 4.10. The second kappa shape index (κ2) is 5.02. The van der Waals surface area contributed by atoms with Crippen LogP contribution in [0, 0.1) is 0 Å². The molecule has 1 aromatic carbocycles. The molecule has 0 heterocycles. The molecule has 1 rings (SSSR count). The highest BCUT2D eigenvalue weighted by atomic mass is 79.9. The molecule has 0 atom stereocenters. The fraction of sp³-hybridized carbons (Fsp3) is 0.300. The molecule has 1 aromatic rings. The van der Waals surface area contributed by atoms with Crippen molar-refractivity contribution in [3.05, 3.63) is 29.8 Å². The van der Waals surface area contributed by atoms with Gasteiger partial charge in [0.15, 0.2) is 0 Å². The van der Waals surface area contributed by atoms with E-state index >= 15 is 0 Å². The van der Waals surface area contributed by atoms with E-state index in [-0.39, 0.29) is 0 Å². The van der Waals surface area contributed by atoms with Gasteiger partial charge in [-0.3, -0.25) is 4.79 Å². The van der Waals surface area contributed by atoms with Gasteiger partial charge >= 0.3 is 0 Å². The first-order chi connectivity index (χ1) is 6.27. The Labute approximate surface area is 86.7 Å². The highest BCUT2D eigenvalue weighted by molar-refractivity contribution is 9.09. The summed E-state index contributed by atoms with van der Waals surface area (Å²) in [5.74, 6) is 0. The molecule has 0 amide bonds. The molecular weight excluding hydrogens is 230 g/mol. The minimum absolute atomic E-state index is 0.719. The minimum atomic E-state index is 0.719. The number of hydrogen-bond acceptors (Lipinski definition) is 2. The van der Waals surface area contributed by atoms with E-state index in [1.165, 1.54) is 0 Å². The lowest BCUT2D eigenvalue weighted by molar-refractivity contribution is 0.112. The summed E-state index contributed by atoms with van der Waals surface area (Å²) in [7, 11) is 2.02. The summed E-state index contributed by atoms with van der Waals surface area (Å²) in [6.45, 7) is 0.959. The summed E-state index contributed by atoms with van der Waals surface area (Å²) in [5, 5.41) is 0.943. The van der Waals surface area contributed by atoms with Crippen LogP contribution in [-0.4, -0.2) is 25.2 Å². The van der Waals surface area contributed by atoms with Gasteiger partial charge in [-0.2, -0.15) is 0 Å². The molecule has 0 spiro atoms. The van der Waals surface area contributed by atoms with Crippen LogP contribution in [0.5, 0.6) is 0 Å². The van der Waals surface area contributed by atoms with Gasteiger partial charge in [0, 0.05) is 30.2 Å². The zero-order valence-electron chi connectivity index (χ0n) is 7.53. The summed E-state index contributed by atoms with van der Waals surface area (Å²) in [5.41, 5.74) is 1.85. The van der Waals surface area contributed by atoms with E-state index in [2.05, 4.69) is 20.8 Å². The lowest BCUT2D eigenvalue weighted by atomic mass is 10.2. The first-order valence-corrected chi connectivity index (χ1v) is 5.22. The number of carbonyl (C=O) groups is 1. The maximum absolute atomic E-state index is 10.4. The van der Waals surface area contributed by atoms with Crippen LogP contribution in [0.2, 0.25) is 0 Å². The minimum Gasteiger partial charge on any atom is -0.374 e. The highest BCUT2D eigenvalue weighted by Crippen LogP contribution is 2.12.